The smallest absolute Gasteiger partial charge is 0.149 e. The van der Waals surface area contributed by atoms with Crippen molar-refractivity contribution in [2.75, 3.05) is 13.1 Å². The number of nitrogens with zero attached hydrogens (tertiary/aromatic N) is 1. The Bertz CT molecular complexity index is 270. The molecule has 1 unspecified atom stereocenters. The summed E-state index contributed by atoms with van der Waals surface area (Å²) in [7, 11) is 0. The van der Waals surface area contributed by atoms with E-state index in [-0.39, 0.29) is 0 Å². The molecule has 0 aromatic heterocycles. The predicted molar refractivity (Wildman–Crippen MR) is 59.7 cm³/mol. The van der Waals surface area contributed by atoms with Crippen molar-refractivity contribution in [2.24, 2.45) is 5.41 Å². The maximum atomic E-state index is 12.0. The summed E-state index contributed by atoms with van der Waals surface area (Å²) in [6.45, 7) is 2.42. The summed E-state index contributed by atoms with van der Waals surface area (Å²) in [5.74, 6) is 0.533. The zero-order valence-corrected chi connectivity index (χ0v) is 9.50. The van der Waals surface area contributed by atoms with Crippen molar-refractivity contribution in [3.8, 4) is 0 Å². The zero-order chi connectivity index (χ0) is 10.3. The van der Waals surface area contributed by atoms with Gasteiger partial charge in [0.05, 0.1) is 6.04 Å². The maximum absolute atomic E-state index is 12.0. The van der Waals surface area contributed by atoms with E-state index in [0.717, 1.165) is 19.3 Å². The lowest BCUT2D eigenvalue weighted by Gasteiger charge is -2.25. The monoisotopic (exact) mass is 207 g/mol. The molecule has 2 nitrogen and oxygen atoms in total. The molecule has 15 heavy (non-hydrogen) atoms. The van der Waals surface area contributed by atoms with Crippen LogP contribution in [0.15, 0.2) is 0 Å². The number of hydrogen-bond acceptors (Lipinski definition) is 2. The second kappa shape index (κ2) is 3.58. The van der Waals surface area contributed by atoms with Gasteiger partial charge in [-0.2, -0.15) is 0 Å². The van der Waals surface area contributed by atoms with Crippen molar-refractivity contribution in [1.29, 1.82) is 0 Å². The van der Waals surface area contributed by atoms with Crippen LogP contribution in [-0.4, -0.2) is 29.8 Å². The van der Waals surface area contributed by atoms with Crippen LogP contribution in [0.3, 0.4) is 0 Å². The third kappa shape index (κ3) is 1.84. The molecule has 1 spiro atoms. The second-order valence-corrected chi connectivity index (χ2v) is 5.80. The molecule has 1 heterocycles. The molecule has 0 amide bonds. The minimum atomic E-state index is 0.299. The lowest BCUT2D eigenvalue weighted by atomic mass is 10.1. The minimum Gasteiger partial charge on any atom is -0.298 e. The zero-order valence-electron chi connectivity index (χ0n) is 9.50. The Morgan fingerprint density at radius 3 is 2.73 bits per heavy atom. The Morgan fingerprint density at radius 1 is 1.13 bits per heavy atom. The average Bonchev–Trinajstić information content (AvgIpc) is 2.89. The highest BCUT2D eigenvalue weighted by atomic mass is 16.1. The third-order valence-electron chi connectivity index (χ3n) is 4.64. The first kappa shape index (κ1) is 9.83. The van der Waals surface area contributed by atoms with Gasteiger partial charge in [-0.15, -0.1) is 0 Å². The van der Waals surface area contributed by atoms with Crippen LogP contribution in [0.25, 0.3) is 0 Å². The number of Topliss-reactive ketones (excluding diaryl/α,β-unsaturated/α-hetero) is 1. The Morgan fingerprint density at radius 2 is 2.00 bits per heavy atom. The van der Waals surface area contributed by atoms with Gasteiger partial charge in [-0.1, -0.05) is 12.8 Å². The molecule has 2 aliphatic carbocycles. The summed E-state index contributed by atoms with van der Waals surface area (Å²) >= 11 is 0. The standard InChI is InChI=1S/C13H21NO/c15-12-5-3-1-2-4-11(12)14-9-8-13(10-14)6-7-13/h11H,1-10H2. The van der Waals surface area contributed by atoms with E-state index in [9.17, 15) is 4.79 Å². The number of likely N-dealkylation sites (tertiary alicyclic amines) is 1. The molecule has 0 aromatic rings. The second-order valence-electron chi connectivity index (χ2n) is 5.80. The van der Waals surface area contributed by atoms with E-state index >= 15 is 0 Å². The SMILES string of the molecule is O=C1CCCCCC1N1CCC2(CC2)C1. The first-order chi connectivity index (χ1) is 7.29. The van der Waals surface area contributed by atoms with Crippen LogP contribution in [0.4, 0.5) is 0 Å². The number of ketones is 1. The third-order valence-corrected chi connectivity index (χ3v) is 4.64. The molecular formula is C13H21NO. The lowest BCUT2D eigenvalue weighted by molar-refractivity contribution is -0.123. The van der Waals surface area contributed by atoms with Gasteiger partial charge in [0.2, 0.25) is 0 Å². The fraction of sp³-hybridized carbons (Fsp3) is 0.923. The van der Waals surface area contributed by atoms with Crippen LogP contribution >= 0.6 is 0 Å². The van der Waals surface area contributed by atoms with Crippen LogP contribution < -0.4 is 0 Å². The van der Waals surface area contributed by atoms with Crippen LogP contribution in [0.1, 0.15) is 51.4 Å². The Kier molecular flexibility index (Phi) is 2.35. The van der Waals surface area contributed by atoms with Gasteiger partial charge in [-0.05, 0) is 44.1 Å². The molecule has 0 aromatic carbocycles. The van der Waals surface area contributed by atoms with E-state index in [1.165, 1.54) is 45.2 Å². The number of rotatable bonds is 1. The van der Waals surface area contributed by atoms with E-state index < -0.39 is 0 Å². The van der Waals surface area contributed by atoms with E-state index in [2.05, 4.69) is 4.90 Å². The molecule has 0 N–H and O–H groups in total. The highest BCUT2D eigenvalue weighted by Crippen LogP contribution is 2.53. The summed E-state index contributed by atoms with van der Waals surface area (Å²) in [6, 6.07) is 0.299. The molecule has 84 valence electrons. The van der Waals surface area contributed by atoms with Gasteiger partial charge < -0.3 is 0 Å². The number of carbonyl (C=O) groups excluding carboxylic acids is 1. The van der Waals surface area contributed by atoms with Crippen molar-refractivity contribution < 1.29 is 4.79 Å². The van der Waals surface area contributed by atoms with Gasteiger partial charge in [0.25, 0.3) is 0 Å². The number of hydrogen-bond donors (Lipinski definition) is 0. The van der Waals surface area contributed by atoms with Crippen LogP contribution in [-0.2, 0) is 4.79 Å². The summed E-state index contributed by atoms with van der Waals surface area (Å²) < 4.78 is 0. The fourth-order valence-electron chi connectivity index (χ4n) is 3.35. The first-order valence-corrected chi connectivity index (χ1v) is 6.56. The van der Waals surface area contributed by atoms with Crippen molar-refractivity contribution in [2.45, 2.75) is 57.4 Å². The van der Waals surface area contributed by atoms with Crippen LogP contribution in [0, 0.1) is 5.41 Å². The predicted octanol–water partition coefficient (Wildman–Crippen LogP) is 2.37. The summed E-state index contributed by atoms with van der Waals surface area (Å²) in [4.78, 5) is 14.5. The van der Waals surface area contributed by atoms with Crippen LogP contribution in [0.5, 0.6) is 0 Å². The van der Waals surface area contributed by atoms with E-state index in [4.69, 9.17) is 0 Å². The normalized spacial score (nSPS) is 35.7. The fourth-order valence-corrected chi connectivity index (χ4v) is 3.35. The average molecular weight is 207 g/mol. The number of carbonyl (C=O) groups is 1. The van der Waals surface area contributed by atoms with Gasteiger partial charge in [-0.3, -0.25) is 9.69 Å². The molecule has 1 atom stereocenters. The topological polar surface area (TPSA) is 20.3 Å². The van der Waals surface area contributed by atoms with E-state index in [1.807, 2.05) is 0 Å². The van der Waals surface area contributed by atoms with Gasteiger partial charge >= 0.3 is 0 Å². The molecule has 0 radical (unpaired) electrons. The quantitative estimate of drug-likeness (QED) is 0.615. The minimum absolute atomic E-state index is 0.299. The largest absolute Gasteiger partial charge is 0.298 e. The molecular weight excluding hydrogens is 186 g/mol. The maximum Gasteiger partial charge on any atom is 0.149 e. The summed E-state index contributed by atoms with van der Waals surface area (Å²) in [5.41, 5.74) is 0.673. The lowest BCUT2D eigenvalue weighted by Crippen LogP contribution is -2.39. The summed E-state index contributed by atoms with van der Waals surface area (Å²) in [5, 5.41) is 0. The Labute approximate surface area is 92.0 Å². The molecule has 3 fully saturated rings. The van der Waals surface area contributed by atoms with Crippen molar-refractivity contribution >= 4 is 5.78 Å². The van der Waals surface area contributed by atoms with E-state index in [0.29, 0.717) is 17.2 Å². The summed E-state index contributed by atoms with van der Waals surface area (Å²) in [6.07, 6.45) is 9.84. The highest BCUT2D eigenvalue weighted by Gasteiger charge is 2.49. The van der Waals surface area contributed by atoms with E-state index in [1.54, 1.807) is 0 Å². The van der Waals surface area contributed by atoms with Crippen molar-refractivity contribution in [1.82, 2.24) is 4.90 Å². The van der Waals surface area contributed by atoms with Crippen molar-refractivity contribution in [3.63, 3.8) is 0 Å². The molecule has 2 saturated carbocycles. The van der Waals surface area contributed by atoms with Gasteiger partial charge in [-0.25, -0.2) is 0 Å². The Balaban J connectivity index is 1.67. The molecule has 3 aliphatic rings. The molecule has 2 heteroatoms. The highest BCUT2D eigenvalue weighted by molar-refractivity contribution is 5.84. The van der Waals surface area contributed by atoms with Gasteiger partial charge in [0.15, 0.2) is 0 Å². The molecule has 1 saturated heterocycles. The van der Waals surface area contributed by atoms with Gasteiger partial charge in [0, 0.05) is 13.0 Å². The molecule has 0 bridgehead atoms. The Hall–Kier alpha value is -0.370. The molecule has 3 rings (SSSR count). The van der Waals surface area contributed by atoms with Crippen LogP contribution in [0.2, 0.25) is 0 Å². The molecule has 1 aliphatic heterocycles. The first-order valence-electron chi connectivity index (χ1n) is 6.56. The van der Waals surface area contributed by atoms with Crippen molar-refractivity contribution in [3.05, 3.63) is 0 Å². The van der Waals surface area contributed by atoms with Gasteiger partial charge in [0.1, 0.15) is 5.78 Å².